The Morgan fingerprint density at radius 3 is 2.85 bits per heavy atom. The molecule has 0 bridgehead atoms. The Kier molecular flexibility index (Phi) is 5.25. The third-order valence-corrected chi connectivity index (χ3v) is 5.25. The number of carbonyl (C=O) groups excluding carboxylic acids is 1. The van der Waals surface area contributed by atoms with Crippen LogP contribution >= 0.6 is 0 Å². The minimum atomic E-state index is 0.0341. The SMILES string of the molecule is CN1CCN(c2cc(CNC(=O)Cc3ccc4c(c3)CCO4)ccn2)CC1. The van der Waals surface area contributed by atoms with Crippen LogP contribution in [0.2, 0.25) is 0 Å². The zero-order chi connectivity index (χ0) is 18.6. The smallest absolute Gasteiger partial charge is 0.224 e. The molecule has 6 nitrogen and oxygen atoms in total. The van der Waals surface area contributed by atoms with Gasteiger partial charge in [0.15, 0.2) is 0 Å². The fourth-order valence-corrected chi connectivity index (χ4v) is 3.58. The van der Waals surface area contributed by atoms with Gasteiger partial charge in [-0.2, -0.15) is 0 Å². The van der Waals surface area contributed by atoms with Crippen molar-refractivity contribution in [1.29, 1.82) is 0 Å². The third-order valence-electron chi connectivity index (χ3n) is 5.25. The van der Waals surface area contributed by atoms with Crippen LogP contribution in [0.15, 0.2) is 36.5 Å². The van der Waals surface area contributed by atoms with Gasteiger partial charge in [-0.05, 0) is 41.9 Å². The summed E-state index contributed by atoms with van der Waals surface area (Å²) in [4.78, 5) is 21.5. The van der Waals surface area contributed by atoms with Gasteiger partial charge in [-0.1, -0.05) is 12.1 Å². The van der Waals surface area contributed by atoms with Crippen molar-refractivity contribution in [3.05, 3.63) is 53.2 Å². The summed E-state index contributed by atoms with van der Waals surface area (Å²) < 4.78 is 5.52. The van der Waals surface area contributed by atoms with E-state index in [0.29, 0.717) is 13.0 Å². The number of anilines is 1. The number of nitrogens with one attached hydrogen (secondary N) is 1. The number of carbonyl (C=O) groups is 1. The molecular formula is C21H26N4O2. The Hall–Kier alpha value is -2.60. The number of piperazine rings is 1. The first kappa shape index (κ1) is 17.8. The molecule has 4 rings (SSSR count). The van der Waals surface area contributed by atoms with Crippen LogP contribution in [0.4, 0.5) is 5.82 Å². The standard InChI is InChI=1S/C21H26N4O2/c1-24-7-9-25(10-8-24)20-13-17(4-6-22-20)15-23-21(26)14-16-2-3-19-18(12-16)5-11-27-19/h2-4,6,12-13H,5,7-11,14-15H2,1H3,(H,23,26). The molecular weight excluding hydrogens is 340 g/mol. The number of ether oxygens (including phenoxy) is 1. The first-order valence-electron chi connectivity index (χ1n) is 9.57. The van der Waals surface area contributed by atoms with Crippen LogP contribution in [-0.4, -0.2) is 55.6 Å². The lowest BCUT2D eigenvalue weighted by Gasteiger charge is -2.33. The van der Waals surface area contributed by atoms with E-state index in [1.165, 1.54) is 5.56 Å². The molecule has 142 valence electrons. The summed E-state index contributed by atoms with van der Waals surface area (Å²) in [6.07, 6.45) is 3.15. The molecule has 1 amide bonds. The summed E-state index contributed by atoms with van der Waals surface area (Å²) in [6.45, 7) is 5.34. The molecule has 0 radical (unpaired) electrons. The van der Waals surface area contributed by atoms with E-state index in [2.05, 4.69) is 39.3 Å². The molecule has 6 heteroatoms. The van der Waals surface area contributed by atoms with Gasteiger partial charge in [0.1, 0.15) is 11.6 Å². The van der Waals surface area contributed by atoms with Crippen LogP contribution in [0.5, 0.6) is 5.75 Å². The maximum atomic E-state index is 12.3. The summed E-state index contributed by atoms with van der Waals surface area (Å²) in [7, 11) is 2.14. The van der Waals surface area contributed by atoms with E-state index in [-0.39, 0.29) is 5.91 Å². The van der Waals surface area contributed by atoms with E-state index in [0.717, 1.165) is 61.9 Å². The number of hydrogen-bond acceptors (Lipinski definition) is 5. The van der Waals surface area contributed by atoms with Crippen LogP contribution in [-0.2, 0) is 24.2 Å². The molecule has 2 aromatic rings. The normalized spacial score (nSPS) is 16.7. The third kappa shape index (κ3) is 4.39. The molecule has 0 spiro atoms. The van der Waals surface area contributed by atoms with Gasteiger partial charge < -0.3 is 19.9 Å². The van der Waals surface area contributed by atoms with E-state index in [1.54, 1.807) is 0 Å². The quantitative estimate of drug-likeness (QED) is 0.872. The lowest BCUT2D eigenvalue weighted by atomic mass is 10.1. The van der Waals surface area contributed by atoms with Crippen LogP contribution in [0.1, 0.15) is 16.7 Å². The second-order valence-electron chi connectivity index (χ2n) is 7.31. The molecule has 27 heavy (non-hydrogen) atoms. The number of rotatable bonds is 5. The zero-order valence-electron chi connectivity index (χ0n) is 15.8. The van der Waals surface area contributed by atoms with E-state index < -0.39 is 0 Å². The summed E-state index contributed by atoms with van der Waals surface area (Å²) >= 11 is 0. The molecule has 1 N–H and O–H groups in total. The fraction of sp³-hybridized carbons (Fsp3) is 0.429. The minimum Gasteiger partial charge on any atom is -0.493 e. The molecule has 2 aliphatic heterocycles. The Morgan fingerprint density at radius 2 is 2.00 bits per heavy atom. The summed E-state index contributed by atoms with van der Waals surface area (Å²) in [5, 5.41) is 3.03. The predicted molar refractivity (Wildman–Crippen MR) is 105 cm³/mol. The van der Waals surface area contributed by atoms with Crippen molar-refractivity contribution < 1.29 is 9.53 Å². The van der Waals surface area contributed by atoms with Gasteiger partial charge in [0.25, 0.3) is 0 Å². The van der Waals surface area contributed by atoms with Crippen molar-refractivity contribution in [3.63, 3.8) is 0 Å². The number of nitrogens with zero attached hydrogens (tertiary/aromatic N) is 3. The van der Waals surface area contributed by atoms with Crippen LogP contribution in [0.25, 0.3) is 0 Å². The van der Waals surface area contributed by atoms with Crippen LogP contribution in [0, 0.1) is 0 Å². The largest absolute Gasteiger partial charge is 0.493 e. The molecule has 1 saturated heterocycles. The maximum absolute atomic E-state index is 12.3. The lowest BCUT2D eigenvalue weighted by molar-refractivity contribution is -0.120. The predicted octanol–water partition coefficient (Wildman–Crippen LogP) is 1.63. The van der Waals surface area contributed by atoms with E-state index in [1.807, 2.05) is 24.4 Å². The molecule has 1 fully saturated rings. The lowest BCUT2D eigenvalue weighted by Crippen LogP contribution is -2.44. The average molecular weight is 366 g/mol. The molecule has 0 saturated carbocycles. The molecule has 3 heterocycles. The number of hydrogen-bond donors (Lipinski definition) is 1. The summed E-state index contributed by atoms with van der Waals surface area (Å²) in [5.74, 6) is 1.98. The molecule has 0 unspecified atom stereocenters. The molecule has 0 aliphatic carbocycles. The second kappa shape index (κ2) is 7.96. The Labute approximate surface area is 160 Å². The van der Waals surface area contributed by atoms with Crippen molar-refractivity contribution in [2.24, 2.45) is 0 Å². The van der Waals surface area contributed by atoms with Crippen LogP contribution < -0.4 is 15.0 Å². The highest BCUT2D eigenvalue weighted by molar-refractivity contribution is 5.78. The Balaban J connectivity index is 1.32. The van der Waals surface area contributed by atoms with Crippen LogP contribution in [0.3, 0.4) is 0 Å². The second-order valence-corrected chi connectivity index (χ2v) is 7.31. The number of amides is 1. The Bertz CT molecular complexity index is 816. The van der Waals surface area contributed by atoms with Gasteiger partial charge >= 0.3 is 0 Å². The fourth-order valence-electron chi connectivity index (χ4n) is 3.58. The van der Waals surface area contributed by atoms with E-state index in [4.69, 9.17) is 4.74 Å². The van der Waals surface area contributed by atoms with Gasteiger partial charge in [0.05, 0.1) is 13.0 Å². The van der Waals surface area contributed by atoms with Crippen molar-refractivity contribution in [1.82, 2.24) is 15.2 Å². The highest BCUT2D eigenvalue weighted by atomic mass is 16.5. The number of fused-ring (bicyclic) bond motifs is 1. The molecule has 0 atom stereocenters. The first-order chi connectivity index (χ1) is 13.2. The van der Waals surface area contributed by atoms with E-state index in [9.17, 15) is 4.79 Å². The van der Waals surface area contributed by atoms with Gasteiger partial charge in [-0.3, -0.25) is 4.79 Å². The maximum Gasteiger partial charge on any atom is 0.224 e. The molecule has 1 aromatic carbocycles. The molecule has 2 aliphatic rings. The van der Waals surface area contributed by atoms with Gasteiger partial charge in [0.2, 0.25) is 5.91 Å². The van der Waals surface area contributed by atoms with Crippen molar-refractivity contribution >= 4 is 11.7 Å². The Morgan fingerprint density at radius 1 is 1.15 bits per heavy atom. The highest BCUT2D eigenvalue weighted by Gasteiger charge is 2.16. The topological polar surface area (TPSA) is 57.7 Å². The van der Waals surface area contributed by atoms with Crippen molar-refractivity contribution in [3.8, 4) is 5.75 Å². The highest BCUT2D eigenvalue weighted by Crippen LogP contribution is 2.26. The van der Waals surface area contributed by atoms with E-state index >= 15 is 0 Å². The van der Waals surface area contributed by atoms with Gasteiger partial charge in [-0.15, -0.1) is 0 Å². The number of aromatic nitrogens is 1. The number of likely N-dealkylation sites (N-methyl/N-ethyl adjacent to an activating group) is 1. The average Bonchev–Trinajstić information content (AvgIpc) is 3.15. The molecule has 1 aromatic heterocycles. The monoisotopic (exact) mass is 366 g/mol. The van der Waals surface area contributed by atoms with Gasteiger partial charge in [0, 0.05) is 45.3 Å². The van der Waals surface area contributed by atoms with Crippen molar-refractivity contribution in [2.45, 2.75) is 19.4 Å². The first-order valence-corrected chi connectivity index (χ1v) is 9.57. The number of benzene rings is 1. The van der Waals surface area contributed by atoms with Gasteiger partial charge in [-0.25, -0.2) is 4.98 Å². The number of pyridine rings is 1. The van der Waals surface area contributed by atoms with Crippen molar-refractivity contribution in [2.75, 3.05) is 44.7 Å². The summed E-state index contributed by atoms with van der Waals surface area (Å²) in [5.41, 5.74) is 3.31. The zero-order valence-corrected chi connectivity index (χ0v) is 15.8. The minimum absolute atomic E-state index is 0.0341. The summed E-state index contributed by atoms with van der Waals surface area (Å²) in [6, 6.07) is 10.1.